The summed E-state index contributed by atoms with van der Waals surface area (Å²) < 4.78 is -0.728. The SMILES string of the molecule is O=C1C2=CCCCC2C(=O)N1SC(Cl)(Cl)Cl. The molecule has 1 atom stereocenters. The van der Waals surface area contributed by atoms with E-state index in [2.05, 4.69) is 0 Å². The number of carbonyl (C=O) groups is 2. The predicted molar refractivity (Wildman–Crippen MR) is 65.2 cm³/mol. The molecule has 1 aliphatic carbocycles. The Hall–Kier alpha value is 0.1000. The van der Waals surface area contributed by atoms with Crippen LogP contribution in [0.4, 0.5) is 0 Å². The zero-order valence-electron chi connectivity index (χ0n) is 8.08. The lowest BCUT2D eigenvalue weighted by atomic mass is 9.90. The molecule has 0 N–H and O–H groups in total. The number of amides is 2. The van der Waals surface area contributed by atoms with Gasteiger partial charge in [-0.2, -0.15) is 0 Å². The van der Waals surface area contributed by atoms with Gasteiger partial charge in [0.2, 0.25) is 5.91 Å². The van der Waals surface area contributed by atoms with Crippen molar-refractivity contribution in [3.05, 3.63) is 11.6 Å². The van der Waals surface area contributed by atoms with E-state index in [0.717, 1.165) is 17.1 Å². The summed E-state index contributed by atoms with van der Waals surface area (Å²) in [5, 5.41) is 0. The second-order valence-electron chi connectivity index (χ2n) is 3.62. The summed E-state index contributed by atoms with van der Waals surface area (Å²) in [6.45, 7) is 0. The maximum atomic E-state index is 11.9. The second kappa shape index (κ2) is 4.41. The van der Waals surface area contributed by atoms with Crippen LogP contribution in [0, 0.1) is 5.92 Å². The van der Waals surface area contributed by atoms with E-state index in [1.807, 2.05) is 6.08 Å². The highest BCUT2D eigenvalue weighted by atomic mass is 35.6. The fourth-order valence-electron chi connectivity index (χ4n) is 1.92. The molecule has 2 amide bonds. The number of hydrogen-bond donors (Lipinski definition) is 0. The van der Waals surface area contributed by atoms with Crippen molar-refractivity contribution in [3.8, 4) is 0 Å². The minimum absolute atomic E-state index is 0.271. The van der Waals surface area contributed by atoms with Crippen molar-refractivity contribution in [3.63, 3.8) is 0 Å². The first-order valence-electron chi connectivity index (χ1n) is 4.74. The number of halogens is 3. The van der Waals surface area contributed by atoms with E-state index < -0.39 is 3.12 Å². The van der Waals surface area contributed by atoms with E-state index in [9.17, 15) is 9.59 Å². The smallest absolute Gasteiger partial charge is 0.267 e. The molecule has 7 heteroatoms. The highest BCUT2D eigenvalue weighted by Crippen LogP contribution is 2.46. The first-order valence-corrected chi connectivity index (χ1v) is 6.65. The summed E-state index contributed by atoms with van der Waals surface area (Å²) in [5.74, 6) is -0.945. The number of rotatable bonds is 1. The van der Waals surface area contributed by atoms with Gasteiger partial charge in [-0.3, -0.25) is 9.59 Å². The van der Waals surface area contributed by atoms with Crippen LogP contribution in [-0.2, 0) is 9.59 Å². The molecule has 0 aromatic heterocycles. The molecular weight excluding hydrogens is 293 g/mol. The van der Waals surface area contributed by atoms with E-state index in [1.54, 1.807) is 0 Å². The average molecular weight is 301 g/mol. The van der Waals surface area contributed by atoms with Crippen LogP contribution in [0.15, 0.2) is 11.6 Å². The van der Waals surface area contributed by atoms with Crippen LogP contribution in [0.3, 0.4) is 0 Å². The summed E-state index contributed by atoms with van der Waals surface area (Å²) >= 11 is 17.3. The molecule has 1 fully saturated rings. The third kappa shape index (κ3) is 2.35. The van der Waals surface area contributed by atoms with Crippen LogP contribution in [0.1, 0.15) is 19.3 Å². The molecule has 2 rings (SSSR count). The first-order chi connectivity index (χ1) is 7.40. The summed E-state index contributed by atoms with van der Waals surface area (Å²) in [6.07, 6.45) is 4.26. The van der Waals surface area contributed by atoms with Crippen LogP contribution in [0.5, 0.6) is 0 Å². The minimum atomic E-state index is -1.70. The van der Waals surface area contributed by atoms with Crippen LogP contribution in [0.25, 0.3) is 0 Å². The van der Waals surface area contributed by atoms with E-state index in [0.29, 0.717) is 23.9 Å². The molecule has 0 spiro atoms. The van der Waals surface area contributed by atoms with Gasteiger partial charge in [0.1, 0.15) is 0 Å². The van der Waals surface area contributed by atoms with Crippen molar-refractivity contribution in [2.24, 2.45) is 5.92 Å². The van der Waals surface area contributed by atoms with Gasteiger partial charge in [0, 0.05) is 17.5 Å². The molecule has 1 saturated heterocycles. The summed E-state index contributed by atoms with van der Waals surface area (Å²) in [6, 6.07) is 0. The van der Waals surface area contributed by atoms with E-state index in [-0.39, 0.29) is 17.7 Å². The maximum Gasteiger partial charge on any atom is 0.267 e. The van der Waals surface area contributed by atoms with Gasteiger partial charge in [0.15, 0.2) is 0 Å². The van der Waals surface area contributed by atoms with Gasteiger partial charge < -0.3 is 0 Å². The Kier molecular flexibility index (Phi) is 3.46. The molecule has 88 valence electrons. The molecule has 0 radical (unpaired) electrons. The van der Waals surface area contributed by atoms with Crippen molar-refractivity contribution < 1.29 is 9.59 Å². The second-order valence-corrected chi connectivity index (χ2v) is 7.73. The molecule has 0 bridgehead atoms. The normalized spacial score (nSPS) is 25.8. The van der Waals surface area contributed by atoms with Gasteiger partial charge in [-0.25, -0.2) is 4.31 Å². The maximum absolute atomic E-state index is 11.9. The zero-order valence-corrected chi connectivity index (χ0v) is 11.2. The monoisotopic (exact) mass is 299 g/mol. The Balaban J connectivity index is 2.23. The highest BCUT2D eigenvalue weighted by Gasteiger charge is 2.47. The van der Waals surface area contributed by atoms with Crippen molar-refractivity contribution in [2.75, 3.05) is 0 Å². The molecule has 16 heavy (non-hydrogen) atoms. The number of hydrogen-bond acceptors (Lipinski definition) is 3. The standard InChI is InChI=1S/C9H8Cl3NO2S/c10-9(11,12)16-13-7(14)5-3-1-2-4-6(5)8(13)15/h3,6H,1-2,4H2. The number of fused-ring (bicyclic) bond motifs is 1. The van der Waals surface area contributed by atoms with Crippen molar-refractivity contribution >= 4 is 58.6 Å². The van der Waals surface area contributed by atoms with Crippen LogP contribution < -0.4 is 0 Å². The minimum Gasteiger partial charge on any atom is -0.273 e. The van der Waals surface area contributed by atoms with E-state index >= 15 is 0 Å². The largest absolute Gasteiger partial charge is 0.273 e. The quantitative estimate of drug-likeness (QED) is 0.424. The third-order valence-electron chi connectivity index (χ3n) is 2.56. The summed E-state index contributed by atoms with van der Waals surface area (Å²) in [4.78, 5) is 23.8. The molecule has 1 unspecified atom stereocenters. The van der Waals surface area contributed by atoms with Gasteiger partial charge in [-0.05, 0) is 19.3 Å². The number of nitrogens with zero attached hydrogens (tertiary/aromatic N) is 1. The number of allylic oxidation sites excluding steroid dienone is 1. The Morgan fingerprint density at radius 1 is 1.38 bits per heavy atom. The van der Waals surface area contributed by atoms with Crippen LogP contribution in [-0.4, -0.2) is 19.2 Å². The lowest BCUT2D eigenvalue weighted by molar-refractivity contribution is -0.132. The zero-order chi connectivity index (χ0) is 11.9. The Bertz CT molecular complexity index is 377. The Morgan fingerprint density at radius 2 is 2.06 bits per heavy atom. The summed E-state index contributed by atoms with van der Waals surface area (Å²) in [5.41, 5.74) is 0.554. The van der Waals surface area contributed by atoms with Crippen LogP contribution >= 0.6 is 46.8 Å². The molecular formula is C9H8Cl3NO2S. The van der Waals surface area contributed by atoms with Gasteiger partial charge in [0.05, 0.1) is 5.92 Å². The lowest BCUT2D eigenvalue weighted by Crippen LogP contribution is -2.26. The van der Waals surface area contributed by atoms with Gasteiger partial charge in [-0.1, -0.05) is 40.9 Å². The van der Waals surface area contributed by atoms with Gasteiger partial charge in [0.25, 0.3) is 9.03 Å². The highest BCUT2D eigenvalue weighted by molar-refractivity contribution is 8.03. The average Bonchev–Trinajstić information content (AvgIpc) is 2.43. The van der Waals surface area contributed by atoms with Crippen LogP contribution in [0.2, 0.25) is 0 Å². The first kappa shape index (κ1) is 12.6. The van der Waals surface area contributed by atoms with Gasteiger partial charge in [-0.15, -0.1) is 0 Å². The van der Waals surface area contributed by atoms with E-state index in [4.69, 9.17) is 34.8 Å². The van der Waals surface area contributed by atoms with Crippen molar-refractivity contribution in [1.29, 1.82) is 0 Å². The van der Waals surface area contributed by atoms with Crippen molar-refractivity contribution in [1.82, 2.24) is 4.31 Å². The molecule has 3 nitrogen and oxygen atoms in total. The molecule has 2 aliphatic rings. The Morgan fingerprint density at radius 3 is 2.62 bits per heavy atom. The molecule has 0 aromatic carbocycles. The molecule has 1 aliphatic heterocycles. The van der Waals surface area contributed by atoms with Gasteiger partial charge >= 0.3 is 0 Å². The fraction of sp³-hybridized carbons (Fsp3) is 0.556. The predicted octanol–water partition coefficient (Wildman–Crippen LogP) is 3.06. The van der Waals surface area contributed by atoms with Crippen molar-refractivity contribution in [2.45, 2.75) is 22.4 Å². The lowest BCUT2D eigenvalue weighted by Gasteiger charge is -2.17. The van der Waals surface area contributed by atoms with E-state index in [1.165, 1.54) is 0 Å². The fourth-order valence-corrected chi connectivity index (χ4v) is 3.15. The Labute approximate surface area is 112 Å². The number of imide groups is 1. The third-order valence-corrected chi connectivity index (χ3v) is 3.92. The number of alkyl halides is 3. The molecule has 0 aromatic rings. The molecule has 1 heterocycles. The number of carbonyl (C=O) groups excluding carboxylic acids is 2. The topological polar surface area (TPSA) is 37.4 Å². The molecule has 0 saturated carbocycles. The summed E-state index contributed by atoms with van der Waals surface area (Å²) in [7, 11) is 0.